The molecule has 0 bridgehead atoms. The Morgan fingerprint density at radius 3 is 2.73 bits per heavy atom. The van der Waals surface area contributed by atoms with Gasteiger partial charge in [0.1, 0.15) is 0 Å². The summed E-state index contributed by atoms with van der Waals surface area (Å²) in [6.07, 6.45) is 5.63. The number of carbonyl (C=O) groups is 1. The summed E-state index contributed by atoms with van der Waals surface area (Å²) < 4.78 is 19.0. The summed E-state index contributed by atoms with van der Waals surface area (Å²) in [5, 5.41) is 2.74. The lowest BCUT2D eigenvalue weighted by Gasteiger charge is -2.15. The van der Waals surface area contributed by atoms with Crippen molar-refractivity contribution in [2.75, 3.05) is 0 Å². The average molecular weight is 352 g/mol. The van der Waals surface area contributed by atoms with E-state index in [2.05, 4.69) is 20.3 Å². The minimum atomic E-state index is -0.856. The molecule has 0 saturated carbocycles. The van der Waals surface area contributed by atoms with Gasteiger partial charge in [0.05, 0.1) is 17.9 Å². The number of benzene rings is 1. The van der Waals surface area contributed by atoms with Crippen molar-refractivity contribution in [3.8, 4) is 17.0 Å². The fourth-order valence-electron chi connectivity index (χ4n) is 2.34. The Morgan fingerprint density at radius 1 is 1.15 bits per heavy atom. The third-order valence-corrected chi connectivity index (χ3v) is 3.65. The molecule has 0 aliphatic rings. The Bertz CT molecular complexity index is 889. The van der Waals surface area contributed by atoms with Gasteiger partial charge < -0.3 is 10.1 Å². The molecule has 26 heavy (non-hydrogen) atoms. The average Bonchev–Trinajstić information content (AvgIpc) is 2.68. The molecule has 3 aromatic rings. The highest BCUT2D eigenvalue weighted by molar-refractivity contribution is 5.80. The Hall–Kier alpha value is -3.35. The highest BCUT2D eigenvalue weighted by atomic mass is 19.1. The van der Waals surface area contributed by atoms with Crippen molar-refractivity contribution >= 4 is 5.91 Å². The van der Waals surface area contributed by atoms with Crippen LogP contribution in [0.3, 0.4) is 0 Å². The van der Waals surface area contributed by atoms with E-state index in [0.29, 0.717) is 11.4 Å². The van der Waals surface area contributed by atoms with Gasteiger partial charge in [-0.2, -0.15) is 0 Å². The van der Waals surface area contributed by atoms with Crippen molar-refractivity contribution in [2.24, 2.45) is 0 Å². The zero-order valence-electron chi connectivity index (χ0n) is 14.1. The van der Waals surface area contributed by atoms with Crippen molar-refractivity contribution in [2.45, 2.75) is 19.6 Å². The normalized spacial score (nSPS) is 11.6. The first kappa shape index (κ1) is 17.5. The summed E-state index contributed by atoms with van der Waals surface area (Å²) in [5.41, 5.74) is 2.05. The first-order valence-electron chi connectivity index (χ1n) is 8.04. The molecule has 1 aromatic carbocycles. The molecule has 2 heterocycles. The molecule has 6 nitrogen and oxygen atoms in total. The Morgan fingerprint density at radius 2 is 1.96 bits per heavy atom. The van der Waals surface area contributed by atoms with E-state index in [9.17, 15) is 9.18 Å². The number of halogens is 1. The first-order chi connectivity index (χ1) is 12.6. The standard InChI is InChI=1S/C19H17FN4O2/c1-13(26-17-7-3-2-6-15(17)20)19(25)24-12-16-18(23-10-9-22-16)14-5-4-8-21-11-14/h2-11,13H,12H2,1H3,(H,24,25)/t13-/m1/s1. The van der Waals surface area contributed by atoms with Crippen molar-refractivity contribution < 1.29 is 13.9 Å². The van der Waals surface area contributed by atoms with E-state index in [-0.39, 0.29) is 18.2 Å². The maximum atomic E-state index is 13.6. The lowest BCUT2D eigenvalue weighted by atomic mass is 10.1. The van der Waals surface area contributed by atoms with Gasteiger partial charge in [-0.1, -0.05) is 12.1 Å². The fraction of sp³-hybridized carbons (Fsp3) is 0.158. The number of hydrogen-bond donors (Lipinski definition) is 1. The second kappa shape index (κ2) is 8.15. The van der Waals surface area contributed by atoms with Crippen LogP contribution in [0.5, 0.6) is 5.75 Å². The zero-order valence-corrected chi connectivity index (χ0v) is 14.1. The molecule has 1 atom stereocenters. The quantitative estimate of drug-likeness (QED) is 0.738. The second-order valence-corrected chi connectivity index (χ2v) is 5.50. The smallest absolute Gasteiger partial charge is 0.261 e. The Kier molecular flexibility index (Phi) is 5.48. The van der Waals surface area contributed by atoms with Gasteiger partial charge in [0.2, 0.25) is 0 Å². The van der Waals surface area contributed by atoms with Crippen LogP contribution in [-0.4, -0.2) is 27.0 Å². The van der Waals surface area contributed by atoms with Gasteiger partial charge in [0, 0.05) is 30.4 Å². The van der Waals surface area contributed by atoms with Crippen molar-refractivity contribution in [3.05, 3.63) is 72.7 Å². The van der Waals surface area contributed by atoms with Crippen molar-refractivity contribution in [3.63, 3.8) is 0 Å². The fourth-order valence-corrected chi connectivity index (χ4v) is 2.34. The molecular weight excluding hydrogens is 335 g/mol. The zero-order chi connectivity index (χ0) is 18.4. The third kappa shape index (κ3) is 4.18. The molecule has 0 radical (unpaired) electrons. The maximum absolute atomic E-state index is 13.6. The molecular formula is C19H17FN4O2. The van der Waals surface area contributed by atoms with E-state index in [0.717, 1.165) is 5.56 Å². The SMILES string of the molecule is C[C@@H](Oc1ccccc1F)C(=O)NCc1nccnc1-c1cccnc1. The number of para-hydroxylation sites is 1. The minimum absolute atomic E-state index is 0.0331. The molecule has 132 valence electrons. The van der Waals surface area contributed by atoms with Gasteiger partial charge in [-0.15, -0.1) is 0 Å². The molecule has 1 N–H and O–H groups in total. The van der Waals surface area contributed by atoms with Gasteiger partial charge in [-0.25, -0.2) is 4.39 Å². The number of amides is 1. The van der Waals surface area contributed by atoms with Crippen LogP contribution >= 0.6 is 0 Å². The predicted octanol–water partition coefficient (Wildman–Crippen LogP) is 2.76. The minimum Gasteiger partial charge on any atom is -0.478 e. The van der Waals surface area contributed by atoms with Gasteiger partial charge in [0.25, 0.3) is 5.91 Å². The number of carbonyl (C=O) groups excluding carboxylic acids is 1. The summed E-state index contributed by atoms with van der Waals surface area (Å²) in [6.45, 7) is 1.72. The maximum Gasteiger partial charge on any atom is 0.261 e. The molecule has 7 heteroatoms. The number of rotatable bonds is 6. The van der Waals surface area contributed by atoms with Gasteiger partial charge >= 0.3 is 0 Å². The van der Waals surface area contributed by atoms with Crippen LogP contribution < -0.4 is 10.1 Å². The molecule has 3 rings (SSSR count). The van der Waals surface area contributed by atoms with E-state index in [4.69, 9.17) is 4.74 Å². The number of hydrogen-bond acceptors (Lipinski definition) is 5. The molecule has 0 saturated heterocycles. The van der Waals surface area contributed by atoms with Gasteiger partial charge in [-0.3, -0.25) is 19.7 Å². The summed E-state index contributed by atoms with van der Waals surface area (Å²) >= 11 is 0. The predicted molar refractivity (Wildman–Crippen MR) is 93.6 cm³/mol. The van der Waals surface area contributed by atoms with Crippen LogP contribution in [0.15, 0.2) is 61.2 Å². The van der Waals surface area contributed by atoms with E-state index in [1.54, 1.807) is 49.9 Å². The number of pyridine rings is 1. The highest BCUT2D eigenvalue weighted by Gasteiger charge is 2.17. The van der Waals surface area contributed by atoms with Crippen LogP contribution in [0.25, 0.3) is 11.3 Å². The van der Waals surface area contributed by atoms with Crippen LogP contribution in [-0.2, 0) is 11.3 Å². The van der Waals surface area contributed by atoms with Crippen molar-refractivity contribution in [1.82, 2.24) is 20.3 Å². The van der Waals surface area contributed by atoms with Gasteiger partial charge in [0.15, 0.2) is 17.7 Å². The lowest BCUT2D eigenvalue weighted by Crippen LogP contribution is -2.36. The topological polar surface area (TPSA) is 77.0 Å². The van der Waals surface area contributed by atoms with Crippen molar-refractivity contribution in [1.29, 1.82) is 0 Å². The number of nitrogens with zero attached hydrogens (tertiary/aromatic N) is 3. The highest BCUT2D eigenvalue weighted by Crippen LogP contribution is 2.19. The number of aromatic nitrogens is 3. The summed E-state index contributed by atoms with van der Waals surface area (Å²) in [4.78, 5) is 24.9. The Labute approximate surface area is 150 Å². The largest absolute Gasteiger partial charge is 0.478 e. The molecule has 0 fully saturated rings. The van der Waals surface area contributed by atoms with E-state index in [1.807, 2.05) is 6.07 Å². The molecule has 0 aliphatic heterocycles. The number of nitrogens with one attached hydrogen (secondary N) is 1. The van der Waals surface area contributed by atoms with Crippen LogP contribution in [0.4, 0.5) is 4.39 Å². The molecule has 0 unspecified atom stereocenters. The molecule has 2 aromatic heterocycles. The third-order valence-electron chi connectivity index (χ3n) is 3.65. The summed E-state index contributed by atoms with van der Waals surface area (Å²) in [7, 11) is 0. The monoisotopic (exact) mass is 352 g/mol. The summed E-state index contributed by atoms with van der Waals surface area (Å²) in [6, 6.07) is 9.62. The van der Waals surface area contributed by atoms with Crippen LogP contribution in [0.2, 0.25) is 0 Å². The molecule has 0 aliphatic carbocycles. The molecule has 1 amide bonds. The molecule has 0 spiro atoms. The van der Waals surface area contributed by atoms with E-state index < -0.39 is 11.9 Å². The number of ether oxygens (including phenoxy) is 1. The lowest BCUT2D eigenvalue weighted by molar-refractivity contribution is -0.127. The summed E-state index contributed by atoms with van der Waals surface area (Å²) in [5.74, 6) is -0.860. The van der Waals surface area contributed by atoms with Crippen LogP contribution in [0, 0.1) is 5.82 Å². The first-order valence-corrected chi connectivity index (χ1v) is 8.04. The second-order valence-electron chi connectivity index (χ2n) is 5.50. The Balaban J connectivity index is 1.66. The van der Waals surface area contributed by atoms with E-state index >= 15 is 0 Å². The van der Waals surface area contributed by atoms with Crippen LogP contribution in [0.1, 0.15) is 12.6 Å². The van der Waals surface area contributed by atoms with E-state index in [1.165, 1.54) is 12.1 Å². The van der Waals surface area contributed by atoms with Gasteiger partial charge in [-0.05, 0) is 31.2 Å².